The van der Waals surface area contributed by atoms with Crippen molar-refractivity contribution in [1.82, 2.24) is 0 Å². The molecule has 0 aliphatic rings. The second-order valence-electron chi connectivity index (χ2n) is 3.59. The van der Waals surface area contributed by atoms with Crippen molar-refractivity contribution in [3.8, 4) is 0 Å². The van der Waals surface area contributed by atoms with Gasteiger partial charge in [0.2, 0.25) is 5.78 Å². The molecule has 0 unspecified atom stereocenters. The zero-order chi connectivity index (χ0) is 11.0. The number of hydrogen-bond acceptors (Lipinski definition) is 3. The summed E-state index contributed by atoms with van der Waals surface area (Å²) in [4.78, 5) is 16.2. The van der Waals surface area contributed by atoms with E-state index >= 15 is 0 Å². The molecule has 0 amide bonds. The number of thiophene rings is 2. The minimum absolute atomic E-state index is 0.161. The molecule has 0 atom stereocenters. The van der Waals surface area contributed by atoms with Gasteiger partial charge < -0.3 is 0 Å². The van der Waals surface area contributed by atoms with Crippen molar-refractivity contribution in [1.29, 1.82) is 0 Å². The van der Waals surface area contributed by atoms with Crippen LogP contribution in [-0.2, 0) is 0 Å². The van der Waals surface area contributed by atoms with Crippen LogP contribution in [0, 0.1) is 20.8 Å². The summed E-state index contributed by atoms with van der Waals surface area (Å²) < 4.78 is 0. The molecule has 0 aliphatic carbocycles. The fourth-order valence-electron chi connectivity index (χ4n) is 1.36. The highest BCUT2D eigenvalue weighted by atomic mass is 32.1. The Bertz CT molecular complexity index is 486. The monoisotopic (exact) mass is 236 g/mol. The van der Waals surface area contributed by atoms with E-state index in [1.165, 1.54) is 15.3 Å². The predicted molar refractivity (Wildman–Crippen MR) is 66.3 cm³/mol. The Labute approximate surface area is 97.4 Å². The minimum Gasteiger partial charge on any atom is -0.287 e. The van der Waals surface area contributed by atoms with E-state index in [0.29, 0.717) is 0 Å². The van der Waals surface area contributed by atoms with Crippen LogP contribution in [0.25, 0.3) is 0 Å². The van der Waals surface area contributed by atoms with Gasteiger partial charge in [0.1, 0.15) is 0 Å². The maximum absolute atomic E-state index is 12.0. The van der Waals surface area contributed by atoms with Crippen molar-refractivity contribution in [2.45, 2.75) is 20.8 Å². The van der Waals surface area contributed by atoms with Crippen LogP contribution in [0.2, 0.25) is 0 Å². The van der Waals surface area contributed by atoms with E-state index in [1.807, 2.05) is 32.0 Å². The Morgan fingerprint density at radius 1 is 1.07 bits per heavy atom. The van der Waals surface area contributed by atoms with Gasteiger partial charge >= 0.3 is 0 Å². The van der Waals surface area contributed by atoms with Crippen molar-refractivity contribution in [2.75, 3.05) is 0 Å². The lowest BCUT2D eigenvalue weighted by atomic mass is 10.2. The number of aryl methyl sites for hydroxylation is 3. The van der Waals surface area contributed by atoms with Crippen LogP contribution in [0.3, 0.4) is 0 Å². The Morgan fingerprint density at radius 2 is 1.80 bits per heavy atom. The normalized spacial score (nSPS) is 10.6. The van der Waals surface area contributed by atoms with Gasteiger partial charge in [-0.25, -0.2) is 0 Å². The molecule has 3 heteroatoms. The molecule has 0 fully saturated rings. The summed E-state index contributed by atoms with van der Waals surface area (Å²) in [5.41, 5.74) is 1.21. The Hall–Kier alpha value is -0.930. The van der Waals surface area contributed by atoms with Gasteiger partial charge in [-0.1, -0.05) is 0 Å². The average Bonchev–Trinajstić information content (AvgIpc) is 2.74. The molecule has 2 aromatic rings. The molecule has 0 N–H and O–H groups in total. The summed E-state index contributed by atoms with van der Waals surface area (Å²) in [5.74, 6) is 0.161. The fraction of sp³-hybridized carbons (Fsp3) is 0.250. The van der Waals surface area contributed by atoms with Gasteiger partial charge in [0.05, 0.1) is 9.75 Å². The summed E-state index contributed by atoms with van der Waals surface area (Å²) in [5, 5.41) is 0. The van der Waals surface area contributed by atoms with Crippen LogP contribution >= 0.6 is 22.7 Å². The first-order chi connectivity index (χ1) is 7.08. The van der Waals surface area contributed by atoms with Crippen LogP contribution < -0.4 is 0 Å². The highest BCUT2D eigenvalue weighted by Crippen LogP contribution is 2.26. The largest absolute Gasteiger partial charge is 0.287 e. The van der Waals surface area contributed by atoms with E-state index in [4.69, 9.17) is 0 Å². The molecule has 0 radical (unpaired) electrons. The molecule has 0 saturated carbocycles. The maximum Gasteiger partial charge on any atom is 0.212 e. The minimum atomic E-state index is 0.161. The lowest BCUT2D eigenvalue weighted by Crippen LogP contribution is -1.93. The first-order valence-corrected chi connectivity index (χ1v) is 6.39. The molecule has 1 nitrogen and oxygen atoms in total. The lowest BCUT2D eigenvalue weighted by molar-refractivity contribution is 0.104. The molecule has 2 aromatic heterocycles. The van der Waals surface area contributed by atoms with Crippen LogP contribution in [0.1, 0.15) is 29.9 Å². The number of carbonyl (C=O) groups excluding carboxylic acids is 1. The van der Waals surface area contributed by atoms with Gasteiger partial charge in [-0.2, -0.15) is 0 Å². The highest BCUT2D eigenvalue weighted by molar-refractivity contribution is 7.17. The lowest BCUT2D eigenvalue weighted by Gasteiger charge is -1.91. The molecule has 0 aliphatic heterocycles. The van der Waals surface area contributed by atoms with Gasteiger partial charge in [0.15, 0.2) is 0 Å². The summed E-state index contributed by atoms with van der Waals surface area (Å²) >= 11 is 3.15. The van der Waals surface area contributed by atoms with Crippen molar-refractivity contribution in [2.24, 2.45) is 0 Å². The Morgan fingerprint density at radius 3 is 2.27 bits per heavy atom. The van der Waals surface area contributed by atoms with Gasteiger partial charge in [-0.15, -0.1) is 22.7 Å². The fourth-order valence-corrected chi connectivity index (χ4v) is 3.24. The third kappa shape index (κ3) is 2.03. The quantitative estimate of drug-likeness (QED) is 0.721. The molecule has 0 saturated heterocycles. The van der Waals surface area contributed by atoms with E-state index in [0.717, 1.165) is 9.75 Å². The second kappa shape index (κ2) is 3.91. The second-order valence-corrected chi connectivity index (χ2v) is 6.13. The summed E-state index contributed by atoms with van der Waals surface area (Å²) in [6.45, 7) is 6.12. The zero-order valence-corrected chi connectivity index (χ0v) is 10.6. The molecule has 78 valence electrons. The van der Waals surface area contributed by atoms with Crippen LogP contribution in [0.4, 0.5) is 0 Å². The molecule has 15 heavy (non-hydrogen) atoms. The van der Waals surface area contributed by atoms with E-state index in [-0.39, 0.29) is 5.78 Å². The number of ketones is 1. The summed E-state index contributed by atoms with van der Waals surface area (Å²) in [6, 6.07) is 5.88. The molecule has 2 rings (SSSR count). The van der Waals surface area contributed by atoms with Crippen molar-refractivity contribution in [3.05, 3.63) is 43.3 Å². The average molecular weight is 236 g/mol. The van der Waals surface area contributed by atoms with Crippen molar-refractivity contribution < 1.29 is 4.79 Å². The van der Waals surface area contributed by atoms with E-state index in [9.17, 15) is 4.79 Å². The predicted octanol–water partition coefficient (Wildman–Crippen LogP) is 3.97. The molecular weight excluding hydrogens is 224 g/mol. The number of hydrogen-bond donors (Lipinski definition) is 0. The van der Waals surface area contributed by atoms with Gasteiger partial charge in [-0.05, 0) is 44.5 Å². The van der Waals surface area contributed by atoms with E-state index < -0.39 is 0 Å². The number of carbonyl (C=O) groups is 1. The van der Waals surface area contributed by atoms with E-state index in [1.54, 1.807) is 22.7 Å². The molecule has 2 heterocycles. The first kappa shape index (κ1) is 10.6. The van der Waals surface area contributed by atoms with Gasteiger partial charge in [0, 0.05) is 9.75 Å². The summed E-state index contributed by atoms with van der Waals surface area (Å²) in [6.07, 6.45) is 0. The van der Waals surface area contributed by atoms with E-state index in [2.05, 4.69) is 6.92 Å². The van der Waals surface area contributed by atoms with Crippen molar-refractivity contribution in [3.63, 3.8) is 0 Å². The standard InChI is InChI=1S/C12H12OS2/c1-7-6-11(15-9(7)3)12(13)10-5-4-8(2)14-10/h4-6H,1-3H3. The Kier molecular flexibility index (Phi) is 2.76. The third-order valence-electron chi connectivity index (χ3n) is 2.35. The third-order valence-corrected chi connectivity index (χ3v) is 4.50. The summed E-state index contributed by atoms with van der Waals surface area (Å²) in [7, 11) is 0. The number of rotatable bonds is 2. The molecule has 0 bridgehead atoms. The van der Waals surface area contributed by atoms with Crippen molar-refractivity contribution >= 4 is 28.5 Å². The smallest absolute Gasteiger partial charge is 0.212 e. The Balaban J connectivity index is 2.36. The first-order valence-electron chi connectivity index (χ1n) is 4.76. The SMILES string of the molecule is Cc1ccc(C(=O)c2cc(C)c(C)s2)s1. The zero-order valence-electron chi connectivity index (χ0n) is 8.96. The molecule has 0 spiro atoms. The van der Waals surface area contributed by atoms with Gasteiger partial charge in [-0.3, -0.25) is 4.79 Å². The molecule has 0 aromatic carbocycles. The van der Waals surface area contributed by atoms with Crippen LogP contribution in [-0.4, -0.2) is 5.78 Å². The van der Waals surface area contributed by atoms with Crippen LogP contribution in [0.15, 0.2) is 18.2 Å². The topological polar surface area (TPSA) is 17.1 Å². The highest BCUT2D eigenvalue weighted by Gasteiger charge is 2.14. The molecular formula is C12H12OS2. The van der Waals surface area contributed by atoms with Gasteiger partial charge in [0.25, 0.3) is 0 Å². The van der Waals surface area contributed by atoms with Crippen LogP contribution in [0.5, 0.6) is 0 Å². The maximum atomic E-state index is 12.0.